The van der Waals surface area contributed by atoms with E-state index in [1.807, 2.05) is 30.3 Å². The Morgan fingerprint density at radius 1 is 0.750 bits per heavy atom. The molecular weight excluding hydrogens is 308 g/mol. The third-order valence-corrected chi connectivity index (χ3v) is 3.48. The van der Waals surface area contributed by atoms with Crippen LogP contribution in [0.2, 0.25) is 0 Å². The number of carbonyl (C=O) groups is 1. The molecule has 0 aliphatic carbocycles. The number of para-hydroxylation sites is 1. The Balaban J connectivity index is 1.95. The van der Waals surface area contributed by atoms with Gasteiger partial charge in [0.25, 0.3) is 0 Å². The van der Waals surface area contributed by atoms with Crippen LogP contribution in [0.5, 0.6) is 23.0 Å². The molecule has 0 heterocycles. The molecule has 24 heavy (non-hydrogen) atoms. The fraction of sp³-hybridized carbons (Fsp3) is 0.105. The molecule has 0 N–H and O–H groups in total. The number of rotatable bonds is 4. The Morgan fingerprint density at radius 3 is 2.08 bits per heavy atom. The van der Waals surface area contributed by atoms with Crippen molar-refractivity contribution < 1.29 is 23.7 Å². The van der Waals surface area contributed by atoms with E-state index in [0.717, 1.165) is 10.8 Å². The smallest absolute Gasteiger partial charge is 0.493 e. The molecule has 0 amide bonds. The van der Waals surface area contributed by atoms with E-state index in [0.29, 0.717) is 23.0 Å². The van der Waals surface area contributed by atoms with Crippen LogP contribution in [0, 0.1) is 0 Å². The molecule has 3 aromatic rings. The fourth-order valence-electron chi connectivity index (χ4n) is 2.43. The summed E-state index contributed by atoms with van der Waals surface area (Å²) >= 11 is 0. The predicted octanol–water partition coefficient (Wildman–Crippen LogP) is 4.43. The van der Waals surface area contributed by atoms with Crippen LogP contribution in [-0.4, -0.2) is 20.4 Å². The molecule has 0 saturated heterocycles. The second-order valence-corrected chi connectivity index (χ2v) is 4.92. The lowest BCUT2D eigenvalue weighted by molar-refractivity contribution is 0.152. The third kappa shape index (κ3) is 3.10. The molecule has 5 heteroatoms. The van der Waals surface area contributed by atoms with Crippen molar-refractivity contribution in [3.63, 3.8) is 0 Å². The van der Waals surface area contributed by atoms with E-state index in [4.69, 9.17) is 18.9 Å². The van der Waals surface area contributed by atoms with Gasteiger partial charge in [-0.3, -0.25) is 0 Å². The van der Waals surface area contributed by atoms with Crippen molar-refractivity contribution in [3.8, 4) is 23.0 Å². The number of benzene rings is 3. The second-order valence-electron chi connectivity index (χ2n) is 4.92. The van der Waals surface area contributed by atoms with Gasteiger partial charge >= 0.3 is 6.16 Å². The summed E-state index contributed by atoms with van der Waals surface area (Å²) in [4.78, 5) is 12.1. The van der Waals surface area contributed by atoms with Crippen molar-refractivity contribution in [2.24, 2.45) is 0 Å². The van der Waals surface area contributed by atoms with Crippen molar-refractivity contribution >= 4 is 16.9 Å². The van der Waals surface area contributed by atoms with Crippen molar-refractivity contribution in [3.05, 3.63) is 60.7 Å². The van der Waals surface area contributed by atoms with Gasteiger partial charge < -0.3 is 18.9 Å². The largest absolute Gasteiger partial charge is 0.519 e. The summed E-state index contributed by atoms with van der Waals surface area (Å²) in [5, 5.41) is 1.50. The van der Waals surface area contributed by atoms with Gasteiger partial charge in [0.15, 0.2) is 11.5 Å². The number of ether oxygens (including phenoxy) is 4. The standard InChI is InChI=1S/C19H16O5/c1-21-17-12-16(14-10-6-7-11-15(14)18(17)22-2)24-19(20)23-13-8-4-3-5-9-13/h3-12H,1-2H3. The Bertz CT molecular complexity index is 858. The van der Waals surface area contributed by atoms with Gasteiger partial charge in [-0.25, -0.2) is 4.79 Å². The summed E-state index contributed by atoms with van der Waals surface area (Å²) in [7, 11) is 3.09. The Morgan fingerprint density at radius 2 is 1.42 bits per heavy atom. The van der Waals surface area contributed by atoms with Crippen LogP contribution >= 0.6 is 0 Å². The average Bonchev–Trinajstić information content (AvgIpc) is 2.62. The van der Waals surface area contributed by atoms with Crippen LogP contribution in [0.25, 0.3) is 10.8 Å². The van der Waals surface area contributed by atoms with Gasteiger partial charge in [-0.05, 0) is 12.1 Å². The van der Waals surface area contributed by atoms with E-state index in [2.05, 4.69) is 0 Å². The monoisotopic (exact) mass is 324 g/mol. The normalized spacial score (nSPS) is 10.2. The zero-order chi connectivity index (χ0) is 16.9. The van der Waals surface area contributed by atoms with E-state index in [-0.39, 0.29) is 0 Å². The summed E-state index contributed by atoms with van der Waals surface area (Å²) in [6, 6.07) is 17.8. The second kappa shape index (κ2) is 6.91. The van der Waals surface area contributed by atoms with Crippen LogP contribution in [0.4, 0.5) is 4.79 Å². The van der Waals surface area contributed by atoms with E-state index < -0.39 is 6.16 Å². The molecule has 0 radical (unpaired) electrons. The van der Waals surface area contributed by atoms with Gasteiger partial charge in [0.05, 0.1) is 14.2 Å². The van der Waals surface area contributed by atoms with Crippen molar-refractivity contribution in [2.45, 2.75) is 0 Å². The maximum atomic E-state index is 12.1. The van der Waals surface area contributed by atoms with Crippen LogP contribution in [0.1, 0.15) is 0 Å². The SMILES string of the molecule is COc1cc(OC(=O)Oc2ccccc2)c2ccccc2c1OC. The first kappa shape index (κ1) is 15.7. The first-order valence-electron chi connectivity index (χ1n) is 7.31. The molecule has 122 valence electrons. The van der Waals surface area contributed by atoms with Gasteiger partial charge in [-0.15, -0.1) is 0 Å². The van der Waals surface area contributed by atoms with Crippen LogP contribution in [0.15, 0.2) is 60.7 Å². The zero-order valence-corrected chi connectivity index (χ0v) is 13.3. The summed E-state index contributed by atoms with van der Waals surface area (Å²) in [6.45, 7) is 0. The number of methoxy groups -OCH3 is 2. The highest BCUT2D eigenvalue weighted by molar-refractivity contribution is 5.96. The van der Waals surface area contributed by atoms with Crippen LogP contribution in [-0.2, 0) is 0 Å². The predicted molar refractivity (Wildman–Crippen MR) is 90.1 cm³/mol. The topological polar surface area (TPSA) is 54.0 Å². The molecule has 0 saturated carbocycles. The van der Waals surface area contributed by atoms with Crippen molar-refractivity contribution in [2.75, 3.05) is 14.2 Å². The lowest BCUT2D eigenvalue weighted by Gasteiger charge is -2.14. The quantitative estimate of drug-likeness (QED) is 0.525. The van der Waals surface area contributed by atoms with Crippen LogP contribution < -0.4 is 18.9 Å². The minimum absolute atomic E-state index is 0.337. The Labute approximate surface area is 139 Å². The van der Waals surface area contributed by atoms with Gasteiger partial charge in [-0.2, -0.15) is 0 Å². The minimum Gasteiger partial charge on any atom is -0.493 e. The Hall–Kier alpha value is -3.21. The summed E-state index contributed by atoms with van der Waals surface area (Å²) in [5.41, 5.74) is 0. The van der Waals surface area contributed by atoms with Crippen molar-refractivity contribution in [1.82, 2.24) is 0 Å². The molecule has 0 atom stereocenters. The molecule has 0 bridgehead atoms. The lowest BCUT2D eigenvalue weighted by Crippen LogP contribution is -2.14. The minimum atomic E-state index is -0.821. The number of fused-ring (bicyclic) bond motifs is 1. The molecule has 0 fully saturated rings. The molecule has 0 aromatic heterocycles. The maximum Gasteiger partial charge on any atom is 0.519 e. The fourth-order valence-corrected chi connectivity index (χ4v) is 2.43. The highest BCUT2D eigenvalue weighted by atomic mass is 16.7. The summed E-state index contributed by atoms with van der Waals surface area (Å²) in [6.07, 6.45) is -0.821. The van der Waals surface area contributed by atoms with Gasteiger partial charge in [0, 0.05) is 16.8 Å². The van der Waals surface area contributed by atoms with E-state index in [1.54, 1.807) is 37.4 Å². The summed E-state index contributed by atoms with van der Waals surface area (Å²) < 4.78 is 21.3. The van der Waals surface area contributed by atoms with Gasteiger partial charge in [0.2, 0.25) is 0 Å². The molecule has 3 aromatic carbocycles. The zero-order valence-electron chi connectivity index (χ0n) is 13.3. The lowest BCUT2D eigenvalue weighted by atomic mass is 10.1. The van der Waals surface area contributed by atoms with E-state index in [1.165, 1.54) is 7.11 Å². The highest BCUT2D eigenvalue weighted by Crippen LogP contribution is 2.41. The molecule has 0 unspecified atom stereocenters. The highest BCUT2D eigenvalue weighted by Gasteiger charge is 2.17. The van der Waals surface area contributed by atoms with Crippen molar-refractivity contribution in [1.29, 1.82) is 0 Å². The molecule has 0 spiro atoms. The molecular formula is C19H16O5. The summed E-state index contributed by atoms with van der Waals surface area (Å²) in [5.74, 6) is 1.80. The number of hydrogen-bond donors (Lipinski definition) is 0. The van der Waals surface area contributed by atoms with Gasteiger partial charge in [0.1, 0.15) is 11.5 Å². The van der Waals surface area contributed by atoms with Crippen LogP contribution in [0.3, 0.4) is 0 Å². The molecule has 0 aliphatic heterocycles. The number of hydrogen-bond acceptors (Lipinski definition) is 5. The Kier molecular flexibility index (Phi) is 4.52. The average molecular weight is 324 g/mol. The first-order chi connectivity index (χ1) is 11.7. The van der Waals surface area contributed by atoms with E-state index in [9.17, 15) is 4.79 Å². The molecule has 5 nitrogen and oxygen atoms in total. The van der Waals surface area contributed by atoms with E-state index >= 15 is 0 Å². The first-order valence-corrected chi connectivity index (χ1v) is 7.31. The number of carbonyl (C=O) groups excluding carboxylic acids is 1. The third-order valence-electron chi connectivity index (χ3n) is 3.48. The molecule has 3 rings (SSSR count). The molecule has 0 aliphatic rings. The maximum absolute atomic E-state index is 12.1. The van der Waals surface area contributed by atoms with Gasteiger partial charge in [-0.1, -0.05) is 42.5 Å².